The number of anilines is 1. The Labute approximate surface area is 218 Å². The first-order valence-corrected chi connectivity index (χ1v) is 12.7. The SMILES string of the molecule is CCCOc1ccc(/C(O)=C2\C(=O)C(=O)N(c3ccc(C(C)C)cc3)C2c2ccc(OCC)cc2)cc1. The minimum absolute atomic E-state index is 0.0457. The number of hydrogen-bond acceptors (Lipinski definition) is 5. The maximum atomic E-state index is 13.4. The van der Waals surface area contributed by atoms with Crippen molar-refractivity contribution in [2.24, 2.45) is 0 Å². The Hall–Kier alpha value is -4.06. The van der Waals surface area contributed by atoms with Gasteiger partial charge in [0.2, 0.25) is 0 Å². The summed E-state index contributed by atoms with van der Waals surface area (Å²) in [5.74, 6) is 0.0618. The summed E-state index contributed by atoms with van der Waals surface area (Å²) in [5.41, 5.74) is 2.90. The topological polar surface area (TPSA) is 76.1 Å². The van der Waals surface area contributed by atoms with Gasteiger partial charge in [-0.2, -0.15) is 0 Å². The van der Waals surface area contributed by atoms with E-state index in [1.807, 2.05) is 50.2 Å². The first-order chi connectivity index (χ1) is 17.8. The lowest BCUT2D eigenvalue weighted by atomic mass is 9.95. The molecule has 6 heteroatoms. The second kappa shape index (κ2) is 11.3. The largest absolute Gasteiger partial charge is 0.507 e. The molecule has 1 aliphatic heterocycles. The molecule has 1 N–H and O–H groups in total. The van der Waals surface area contributed by atoms with Crippen LogP contribution in [0.15, 0.2) is 78.4 Å². The van der Waals surface area contributed by atoms with Crippen molar-refractivity contribution in [3.63, 3.8) is 0 Å². The minimum atomic E-state index is -0.795. The molecule has 6 nitrogen and oxygen atoms in total. The number of carbonyl (C=O) groups excluding carboxylic acids is 2. The molecular formula is C31H33NO5. The van der Waals surface area contributed by atoms with E-state index < -0.39 is 17.7 Å². The van der Waals surface area contributed by atoms with Crippen LogP contribution in [-0.2, 0) is 9.59 Å². The number of hydrogen-bond donors (Lipinski definition) is 1. The molecule has 1 fully saturated rings. The maximum absolute atomic E-state index is 13.4. The number of ether oxygens (including phenoxy) is 2. The highest BCUT2D eigenvalue weighted by atomic mass is 16.5. The number of rotatable bonds is 9. The average Bonchev–Trinajstić information content (AvgIpc) is 3.18. The quantitative estimate of drug-likeness (QED) is 0.203. The summed E-state index contributed by atoms with van der Waals surface area (Å²) in [6.45, 7) is 9.24. The van der Waals surface area contributed by atoms with E-state index in [1.165, 1.54) is 4.90 Å². The van der Waals surface area contributed by atoms with Gasteiger partial charge in [0, 0.05) is 11.3 Å². The highest BCUT2D eigenvalue weighted by Gasteiger charge is 2.47. The van der Waals surface area contributed by atoms with Crippen molar-refractivity contribution in [1.82, 2.24) is 0 Å². The molecule has 0 bridgehead atoms. The van der Waals surface area contributed by atoms with Gasteiger partial charge in [0.15, 0.2) is 0 Å². The zero-order valence-corrected chi connectivity index (χ0v) is 21.7. The second-order valence-electron chi connectivity index (χ2n) is 9.29. The van der Waals surface area contributed by atoms with Crippen LogP contribution >= 0.6 is 0 Å². The van der Waals surface area contributed by atoms with E-state index in [0.29, 0.717) is 47.4 Å². The van der Waals surface area contributed by atoms with Gasteiger partial charge in [-0.25, -0.2) is 0 Å². The third-order valence-corrected chi connectivity index (χ3v) is 6.39. The summed E-state index contributed by atoms with van der Waals surface area (Å²) in [6.07, 6.45) is 0.880. The van der Waals surface area contributed by atoms with Gasteiger partial charge in [-0.3, -0.25) is 14.5 Å². The fraction of sp³-hybridized carbons (Fsp3) is 0.290. The van der Waals surface area contributed by atoms with E-state index >= 15 is 0 Å². The van der Waals surface area contributed by atoms with Gasteiger partial charge in [-0.1, -0.05) is 45.0 Å². The molecule has 1 atom stereocenters. The van der Waals surface area contributed by atoms with Crippen molar-refractivity contribution < 1.29 is 24.2 Å². The fourth-order valence-corrected chi connectivity index (χ4v) is 4.43. The molecule has 0 aliphatic carbocycles. The molecule has 3 aromatic carbocycles. The lowest BCUT2D eigenvalue weighted by Gasteiger charge is -2.26. The monoisotopic (exact) mass is 499 g/mol. The van der Waals surface area contributed by atoms with Gasteiger partial charge in [-0.15, -0.1) is 0 Å². The molecule has 1 heterocycles. The Kier molecular flexibility index (Phi) is 7.97. The van der Waals surface area contributed by atoms with Crippen LogP contribution in [0, 0.1) is 0 Å². The Morgan fingerprint density at radius 2 is 1.46 bits per heavy atom. The third-order valence-electron chi connectivity index (χ3n) is 6.39. The van der Waals surface area contributed by atoms with Crippen LogP contribution in [0.25, 0.3) is 5.76 Å². The number of carbonyl (C=O) groups is 2. The number of aliphatic hydroxyl groups is 1. The molecule has 4 rings (SSSR count). The minimum Gasteiger partial charge on any atom is -0.507 e. The number of aliphatic hydroxyl groups excluding tert-OH is 1. The van der Waals surface area contributed by atoms with E-state index in [4.69, 9.17) is 9.47 Å². The molecular weight excluding hydrogens is 466 g/mol. The number of Topliss-reactive ketones (excluding diaryl/α,β-unsaturated/α-hetero) is 1. The summed E-state index contributed by atoms with van der Waals surface area (Å²) in [6, 6.07) is 21.0. The number of nitrogens with zero attached hydrogens (tertiary/aromatic N) is 1. The van der Waals surface area contributed by atoms with Crippen LogP contribution in [0.3, 0.4) is 0 Å². The Balaban J connectivity index is 1.82. The van der Waals surface area contributed by atoms with Crippen LogP contribution in [-0.4, -0.2) is 30.0 Å². The van der Waals surface area contributed by atoms with Gasteiger partial charge < -0.3 is 14.6 Å². The van der Waals surface area contributed by atoms with Gasteiger partial charge in [0.25, 0.3) is 11.7 Å². The maximum Gasteiger partial charge on any atom is 0.300 e. The van der Waals surface area contributed by atoms with Crippen LogP contribution in [0.2, 0.25) is 0 Å². The van der Waals surface area contributed by atoms with Crippen molar-refractivity contribution in [2.45, 2.75) is 46.1 Å². The first kappa shape index (κ1) is 26.0. The Morgan fingerprint density at radius 1 is 0.865 bits per heavy atom. The van der Waals surface area contributed by atoms with Gasteiger partial charge >= 0.3 is 0 Å². The molecule has 0 radical (unpaired) electrons. The Bertz CT molecular complexity index is 1270. The second-order valence-corrected chi connectivity index (χ2v) is 9.29. The van der Waals surface area contributed by atoms with E-state index in [9.17, 15) is 14.7 Å². The average molecular weight is 500 g/mol. The fourth-order valence-electron chi connectivity index (χ4n) is 4.43. The van der Waals surface area contributed by atoms with Gasteiger partial charge in [0.05, 0.1) is 24.8 Å². The standard InChI is InChI=1S/C31H33NO5/c1-5-19-37-26-17-11-23(12-18-26)29(33)27-28(22-9-15-25(16-10-22)36-6-2)32(31(35)30(27)34)24-13-7-21(8-14-24)20(3)4/h7-18,20,28,33H,5-6,19H2,1-4H3/b29-27+. The highest BCUT2D eigenvalue weighted by molar-refractivity contribution is 6.51. The predicted molar refractivity (Wildman–Crippen MR) is 145 cm³/mol. The molecule has 0 saturated carbocycles. The molecule has 1 unspecified atom stereocenters. The summed E-state index contributed by atoms with van der Waals surface area (Å²) < 4.78 is 11.2. The van der Waals surface area contributed by atoms with Crippen molar-refractivity contribution in [1.29, 1.82) is 0 Å². The van der Waals surface area contributed by atoms with Gasteiger partial charge in [0.1, 0.15) is 17.3 Å². The molecule has 0 aromatic heterocycles. The van der Waals surface area contributed by atoms with Gasteiger partial charge in [-0.05, 0) is 78.9 Å². The Morgan fingerprint density at radius 3 is 2.03 bits per heavy atom. The molecule has 0 spiro atoms. The van der Waals surface area contributed by atoms with Crippen molar-refractivity contribution in [3.8, 4) is 11.5 Å². The molecule has 1 aliphatic rings. The van der Waals surface area contributed by atoms with Crippen LogP contribution in [0.4, 0.5) is 5.69 Å². The molecule has 1 saturated heterocycles. The summed E-state index contributed by atoms with van der Waals surface area (Å²) in [4.78, 5) is 28.2. The summed E-state index contributed by atoms with van der Waals surface area (Å²) in [7, 11) is 0. The molecule has 3 aromatic rings. The van der Waals surface area contributed by atoms with Crippen LogP contribution in [0.5, 0.6) is 11.5 Å². The smallest absolute Gasteiger partial charge is 0.300 e. The van der Waals surface area contributed by atoms with Crippen LogP contribution in [0.1, 0.15) is 62.8 Å². The summed E-state index contributed by atoms with van der Waals surface area (Å²) >= 11 is 0. The van der Waals surface area contributed by atoms with E-state index in [1.54, 1.807) is 36.4 Å². The normalized spacial score (nSPS) is 16.9. The van der Waals surface area contributed by atoms with E-state index in [-0.39, 0.29) is 11.3 Å². The lowest BCUT2D eigenvalue weighted by Crippen LogP contribution is -2.29. The number of ketones is 1. The highest BCUT2D eigenvalue weighted by Crippen LogP contribution is 2.42. The predicted octanol–water partition coefficient (Wildman–Crippen LogP) is 6.62. The van der Waals surface area contributed by atoms with Crippen molar-refractivity contribution in [2.75, 3.05) is 18.1 Å². The van der Waals surface area contributed by atoms with E-state index in [0.717, 1.165) is 12.0 Å². The number of amides is 1. The van der Waals surface area contributed by atoms with Crippen molar-refractivity contribution >= 4 is 23.1 Å². The molecule has 192 valence electrons. The molecule has 37 heavy (non-hydrogen) atoms. The van der Waals surface area contributed by atoms with Crippen LogP contribution < -0.4 is 14.4 Å². The van der Waals surface area contributed by atoms with E-state index in [2.05, 4.69) is 13.8 Å². The third kappa shape index (κ3) is 5.38. The first-order valence-electron chi connectivity index (χ1n) is 12.7. The molecule has 1 amide bonds. The van der Waals surface area contributed by atoms with Crippen molar-refractivity contribution in [3.05, 3.63) is 95.1 Å². The summed E-state index contributed by atoms with van der Waals surface area (Å²) in [5, 5.41) is 11.3. The zero-order chi connectivity index (χ0) is 26.5. The lowest BCUT2D eigenvalue weighted by molar-refractivity contribution is -0.132. The zero-order valence-electron chi connectivity index (χ0n) is 21.7. The number of benzene rings is 3.